The molecule has 0 aliphatic heterocycles. The summed E-state index contributed by atoms with van der Waals surface area (Å²) in [5, 5.41) is 10.2. The molecule has 0 unspecified atom stereocenters. The van der Waals surface area contributed by atoms with E-state index < -0.39 is 16.6 Å². The SMILES string of the molecule is CCC(=O)CC(=O)c1ccc([N+](=O)[O-])o1. The van der Waals surface area contributed by atoms with E-state index in [9.17, 15) is 19.7 Å². The van der Waals surface area contributed by atoms with Crippen LogP contribution in [-0.4, -0.2) is 16.5 Å². The van der Waals surface area contributed by atoms with Crippen LogP contribution in [0.4, 0.5) is 5.88 Å². The van der Waals surface area contributed by atoms with E-state index in [-0.39, 0.29) is 24.4 Å². The van der Waals surface area contributed by atoms with Crippen LogP contribution < -0.4 is 0 Å². The molecule has 6 nitrogen and oxygen atoms in total. The third-order valence-electron chi connectivity index (χ3n) is 1.80. The lowest BCUT2D eigenvalue weighted by molar-refractivity contribution is -0.402. The molecule has 6 heteroatoms. The van der Waals surface area contributed by atoms with Gasteiger partial charge in [0.05, 0.1) is 12.5 Å². The molecular formula is C9H9NO5. The van der Waals surface area contributed by atoms with Crippen molar-refractivity contribution in [1.82, 2.24) is 0 Å². The van der Waals surface area contributed by atoms with E-state index in [2.05, 4.69) is 4.42 Å². The van der Waals surface area contributed by atoms with Crippen LogP contribution in [0.3, 0.4) is 0 Å². The number of Topliss-reactive ketones (excluding diaryl/α,β-unsaturated/α-hetero) is 2. The molecular weight excluding hydrogens is 202 g/mol. The van der Waals surface area contributed by atoms with Crippen molar-refractivity contribution in [1.29, 1.82) is 0 Å². The average Bonchev–Trinajstić information content (AvgIpc) is 2.66. The van der Waals surface area contributed by atoms with Crippen molar-refractivity contribution in [3.63, 3.8) is 0 Å². The first kappa shape index (κ1) is 11.1. The van der Waals surface area contributed by atoms with Crippen molar-refractivity contribution in [3.8, 4) is 0 Å². The third kappa shape index (κ3) is 2.73. The molecule has 80 valence electrons. The fraction of sp³-hybridized carbons (Fsp3) is 0.333. The summed E-state index contributed by atoms with van der Waals surface area (Å²) >= 11 is 0. The maximum atomic E-state index is 11.3. The van der Waals surface area contributed by atoms with Gasteiger partial charge in [0, 0.05) is 6.42 Å². The number of hydrogen-bond donors (Lipinski definition) is 0. The van der Waals surface area contributed by atoms with Crippen LogP contribution in [0.1, 0.15) is 30.3 Å². The highest BCUT2D eigenvalue weighted by Crippen LogP contribution is 2.17. The van der Waals surface area contributed by atoms with Crippen molar-refractivity contribution in [2.45, 2.75) is 19.8 Å². The zero-order chi connectivity index (χ0) is 11.4. The topological polar surface area (TPSA) is 90.4 Å². The molecule has 0 spiro atoms. The molecule has 0 saturated heterocycles. The highest BCUT2D eigenvalue weighted by atomic mass is 16.6. The minimum absolute atomic E-state index is 0.150. The number of carbonyl (C=O) groups excluding carboxylic acids is 2. The Kier molecular flexibility index (Phi) is 3.33. The number of carbonyl (C=O) groups is 2. The van der Waals surface area contributed by atoms with Crippen LogP contribution in [0.5, 0.6) is 0 Å². The van der Waals surface area contributed by atoms with Gasteiger partial charge in [0.2, 0.25) is 5.78 Å². The highest BCUT2D eigenvalue weighted by Gasteiger charge is 2.18. The molecule has 1 heterocycles. The zero-order valence-electron chi connectivity index (χ0n) is 8.06. The molecule has 0 N–H and O–H groups in total. The van der Waals surface area contributed by atoms with Crippen LogP contribution in [0.15, 0.2) is 16.5 Å². The largest absolute Gasteiger partial charge is 0.433 e. The smallest absolute Gasteiger partial charge is 0.397 e. The normalized spacial score (nSPS) is 9.93. The van der Waals surface area contributed by atoms with Crippen molar-refractivity contribution in [2.75, 3.05) is 0 Å². The number of furan rings is 1. The quantitative estimate of drug-likeness (QED) is 0.320. The standard InChI is InChI=1S/C9H9NO5/c1-2-6(11)5-7(12)8-3-4-9(15-8)10(13)14/h3-4H,2,5H2,1H3. The molecule has 0 atom stereocenters. The van der Waals surface area contributed by atoms with Gasteiger partial charge in [-0.25, -0.2) is 0 Å². The average molecular weight is 211 g/mol. The molecule has 1 aromatic heterocycles. The second-order valence-electron chi connectivity index (χ2n) is 2.89. The summed E-state index contributed by atoms with van der Waals surface area (Å²) in [4.78, 5) is 31.8. The third-order valence-corrected chi connectivity index (χ3v) is 1.80. The van der Waals surface area contributed by atoms with Crippen LogP contribution >= 0.6 is 0 Å². The molecule has 0 aliphatic carbocycles. The van der Waals surface area contributed by atoms with Crippen molar-refractivity contribution >= 4 is 17.5 Å². The summed E-state index contributed by atoms with van der Waals surface area (Å²) < 4.78 is 4.65. The number of nitrogens with zero attached hydrogens (tertiary/aromatic N) is 1. The Hall–Kier alpha value is -1.98. The predicted octanol–water partition coefficient (Wildman–Crippen LogP) is 1.74. The minimum atomic E-state index is -0.738. The van der Waals surface area contributed by atoms with Gasteiger partial charge in [-0.1, -0.05) is 6.92 Å². The van der Waals surface area contributed by atoms with Gasteiger partial charge in [0.1, 0.15) is 10.7 Å². The summed E-state index contributed by atoms with van der Waals surface area (Å²) in [6.45, 7) is 1.64. The maximum absolute atomic E-state index is 11.3. The summed E-state index contributed by atoms with van der Waals surface area (Å²) in [6.07, 6.45) is -0.0181. The number of ketones is 2. The number of hydrogen-bond acceptors (Lipinski definition) is 5. The minimum Gasteiger partial charge on any atom is -0.397 e. The van der Waals surface area contributed by atoms with Crippen molar-refractivity contribution in [2.24, 2.45) is 0 Å². The van der Waals surface area contributed by atoms with Crippen molar-refractivity contribution < 1.29 is 18.9 Å². The van der Waals surface area contributed by atoms with E-state index in [4.69, 9.17) is 0 Å². The molecule has 0 amide bonds. The van der Waals surface area contributed by atoms with Gasteiger partial charge in [-0.2, -0.15) is 0 Å². The summed E-state index contributed by atoms with van der Waals surface area (Å²) in [6, 6.07) is 2.28. The zero-order valence-corrected chi connectivity index (χ0v) is 8.06. The van der Waals surface area contributed by atoms with Gasteiger partial charge < -0.3 is 4.42 Å². The first-order valence-corrected chi connectivity index (χ1v) is 4.33. The summed E-state index contributed by atoms with van der Waals surface area (Å²) in [5.74, 6) is -1.40. The Morgan fingerprint density at radius 3 is 2.60 bits per heavy atom. The molecule has 0 saturated carbocycles. The Labute approximate surface area is 85.0 Å². The first-order chi connectivity index (χ1) is 7.04. The highest BCUT2D eigenvalue weighted by molar-refractivity contribution is 6.06. The Balaban J connectivity index is 2.74. The molecule has 0 fully saturated rings. The lowest BCUT2D eigenvalue weighted by Crippen LogP contribution is -2.05. The van der Waals surface area contributed by atoms with E-state index in [0.717, 1.165) is 6.07 Å². The van der Waals surface area contributed by atoms with Crippen LogP contribution in [0.25, 0.3) is 0 Å². The molecule has 15 heavy (non-hydrogen) atoms. The van der Waals surface area contributed by atoms with E-state index >= 15 is 0 Å². The Bertz CT molecular complexity index is 406. The van der Waals surface area contributed by atoms with Crippen molar-refractivity contribution in [3.05, 3.63) is 28.0 Å². The van der Waals surface area contributed by atoms with Gasteiger partial charge in [-0.15, -0.1) is 0 Å². The monoisotopic (exact) mass is 211 g/mol. The molecule has 1 aromatic rings. The van der Waals surface area contributed by atoms with Gasteiger partial charge in [-0.05, 0) is 6.07 Å². The summed E-state index contributed by atoms with van der Waals surface area (Å²) in [7, 11) is 0. The van der Waals surface area contributed by atoms with Crippen LogP contribution in [0, 0.1) is 10.1 Å². The lowest BCUT2D eigenvalue weighted by Gasteiger charge is -1.93. The van der Waals surface area contributed by atoms with Crippen LogP contribution in [-0.2, 0) is 4.79 Å². The molecule has 0 aromatic carbocycles. The summed E-state index contributed by atoms with van der Waals surface area (Å²) in [5.41, 5.74) is 0. The van der Waals surface area contributed by atoms with Gasteiger partial charge >= 0.3 is 5.88 Å². The lowest BCUT2D eigenvalue weighted by atomic mass is 10.1. The van der Waals surface area contributed by atoms with Gasteiger partial charge in [0.15, 0.2) is 5.76 Å². The van der Waals surface area contributed by atoms with E-state index in [1.54, 1.807) is 6.92 Å². The molecule has 1 rings (SSSR count). The second kappa shape index (κ2) is 4.50. The number of rotatable bonds is 5. The van der Waals surface area contributed by atoms with E-state index in [1.807, 2.05) is 0 Å². The Morgan fingerprint density at radius 2 is 2.13 bits per heavy atom. The molecule has 0 bridgehead atoms. The molecule has 0 radical (unpaired) electrons. The first-order valence-electron chi connectivity index (χ1n) is 4.33. The van der Waals surface area contributed by atoms with Gasteiger partial charge in [0.25, 0.3) is 0 Å². The second-order valence-corrected chi connectivity index (χ2v) is 2.89. The van der Waals surface area contributed by atoms with Gasteiger partial charge in [-0.3, -0.25) is 19.7 Å². The fourth-order valence-electron chi connectivity index (χ4n) is 0.967. The number of nitro groups is 1. The maximum Gasteiger partial charge on any atom is 0.433 e. The molecule has 0 aliphatic rings. The van der Waals surface area contributed by atoms with E-state index in [1.165, 1.54) is 6.07 Å². The fourth-order valence-corrected chi connectivity index (χ4v) is 0.967. The Morgan fingerprint density at radius 1 is 1.47 bits per heavy atom. The predicted molar refractivity (Wildman–Crippen MR) is 49.6 cm³/mol. The van der Waals surface area contributed by atoms with E-state index in [0.29, 0.717) is 0 Å². The van der Waals surface area contributed by atoms with Crippen LogP contribution in [0.2, 0.25) is 0 Å².